The first-order valence-corrected chi connectivity index (χ1v) is 9.03. The summed E-state index contributed by atoms with van der Waals surface area (Å²) >= 11 is 0. The summed E-state index contributed by atoms with van der Waals surface area (Å²) in [5, 5.41) is 2.86. The fraction of sp³-hybridized carbons (Fsp3) is 0.381. The maximum atomic E-state index is 12.4. The number of carbonyl (C=O) groups excluding carboxylic acids is 1. The molecule has 1 N–H and O–H groups in total. The first kappa shape index (κ1) is 18.1. The first-order valence-electron chi connectivity index (χ1n) is 9.03. The zero-order chi connectivity index (χ0) is 18.4. The van der Waals surface area contributed by atoms with E-state index >= 15 is 0 Å². The summed E-state index contributed by atoms with van der Waals surface area (Å²) in [6.45, 7) is 1.71. The molecule has 0 spiro atoms. The van der Waals surface area contributed by atoms with Crippen molar-refractivity contribution in [2.75, 3.05) is 12.4 Å². The van der Waals surface area contributed by atoms with Crippen LogP contribution in [0, 0.1) is 0 Å². The topological polar surface area (TPSA) is 56.8 Å². The number of amides is 1. The van der Waals surface area contributed by atoms with Gasteiger partial charge in [0.05, 0.1) is 13.2 Å². The largest absolute Gasteiger partial charge is 0.493 e. The van der Waals surface area contributed by atoms with Gasteiger partial charge in [-0.3, -0.25) is 4.79 Å². The zero-order valence-electron chi connectivity index (χ0n) is 15.2. The van der Waals surface area contributed by atoms with Crippen LogP contribution in [-0.4, -0.2) is 25.2 Å². The number of anilines is 1. The van der Waals surface area contributed by atoms with Gasteiger partial charge < -0.3 is 19.5 Å². The predicted octanol–water partition coefficient (Wildman–Crippen LogP) is 4.42. The van der Waals surface area contributed by atoms with Crippen LogP contribution in [0.5, 0.6) is 17.2 Å². The number of nitrogens with one attached hydrogen (secondary N) is 1. The van der Waals surface area contributed by atoms with Gasteiger partial charge in [-0.15, -0.1) is 0 Å². The second-order valence-corrected chi connectivity index (χ2v) is 6.45. The van der Waals surface area contributed by atoms with Crippen LogP contribution in [0.3, 0.4) is 0 Å². The number of rotatable bonds is 7. The minimum Gasteiger partial charge on any atom is -0.493 e. The van der Waals surface area contributed by atoms with Crippen LogP contribution in [0.25, 0.3) is 0 Å². The second kappa shape index (κ2) is 8.61. The average molecular weight is 355 g/mol. The highest BCUT2D eigenvalue weighted by Crippen LogP contribution is 2.27. The van der Waals surface area contributed by atoms with E-state index in [4.69, 9.17) is 14.2 Å². The predicted molar refractivity (Wildman–Crippen MR) is 101 cm³/mol. The molecule has 138 valence electrons. The molecular weight excluding hydrogens is 330 g/mol. The maximum absolute atomic E-state index is 12.4. The van der Waals surface area contributed by atoms with Crippen molar-refractivity contribution < 1.29 is 19.0 Å². The normalized spacial score (nSPS) is 15.3. The van der Waals surface area contributed by atoms with Crippen LogP contribution in [0.2, 0.25) is 0 Å². The molecule has 1 aliphatic carbocycles. The number of carbonyl (C=O) groups is 1. The van der Waals surface area contributed by atoms with Gasteiger partial charge in [0.1, 0.15) is 5.75 Å². The summed E-state index contributed by atoms with van der Waals surface area (Å²) in [4.78, 5) is 12.4. The van der Waals surface area contributed by atoms with Crippen molar-refractivity contribution in [3.05, 3.63) is 48.5 Å². The molecule has 0 saturated heterocycles. The van der Waals surface area contributed by atoms with Gasteiger partial charge >= 0.3 is 0 Å². The molecule has 1 saturated carbocycles. The highest BCUT2D eigenvalue weighted by atomic mass is 16.5. The van der Waals surface area contributed by atoms with Crippen LogP contribution < -0.4 is 19.5 Å². The molecule has 1 atom stereocenters. The van der Waals surface area contributed by atoms with Crippen molar-refractivity contribution in [1.29, 1.82) is 0 Å². The van der Waals surface area contributed by atoms with Crippen LogP contribution in [0.1, 0.15) is 32.6 Å². The van der Waals surface area contributed by atoms with Crippen molar-refractivity contribution in [3.63, 3.8) is 0 Å². The smallest absolute Gasteiger partial charge is 0.265 e. The minimum absolute atomic E-state index is 0.222. The van der Waals surface area contributed by atoms with E-state index in [9.17, 15) is 4.79 Å². The van der Waals surface area contributed by atoms with E-state index < -0.39 is 6.10 Å². The van der Waals surface area contributed by atoms with Crippen molar-refractivity contribution in [3.8, 4) is 17.2 Å². The van der Waals surface area contributed by atoms with Gasteiger partial charge in [-0.2, -0.15) is 0 Å². The molecule has 2 aromatic carbocycles. The molecule has 1 fully saturated rings. The molecule has 1 amide bonds. The number of methoxy groups -OCH3 is 1. The molecule has 0 bridgehead atoms. The summed E-state index contributed by atoms with van der Waals surface area (Å²) < 4.78 is 16.9. The van der Waals surface area contributed by atoms with Gasteiger partial charge in [-0.1, -0.05) is 12.1 Å². The Bertz CT molecular complexity index is 723. The molecule has 1 aliphatic rings. The van der Waals surface area contributed by atoms with Crippen LogP contribution in [0.4, 0.5) is 5.69 Å². The van der Waals surface area contributed by atoms with E-state index in [-0.39, 0.29) is 5.91 Å². The number of benzene rings is 2. The second-order valence-electron chi connectivity index (χ2n) is 6.45. The minimum atomic E-state index is -0.652. The SMILES string of the molecule is COc1ccccc1O[C@H](C)C(=O)Nc1ccc(OC2CCCC2)cc1. The fourth-order valence-corrected chi connectivity index (χ4v) is 3.02. The van der Waals surface area contributed by atoms with Gasteiger partial charge in [0.15, 0.2) is 17.6 Å². The third-order valence-corrected chi connectivity index (χ3v) is 4.47. The molecule has 0 unspecified atom stereocenters. The number of ether oxygens (including phenoxy) is 3. The van der Waals surface area contributed by atoms with Crippen LogP contribution >= 0.6 is 0 Å². The van der Waals surface area contributed by atoms with Crippen molar-refractivity contribution in [2.45, 2.75) is 44.8 Å². The van der Waals surface area contributed by atoms with Gasteiger partial charge in [0, 0.05) is 5.69 Å². The summed E-state index contributed by atoms with van der Waals surface area (Å²) in [7, 11) is 1.57. The summed E-state index contributed by atoms with van der Waals surface area (Å²) in [5.74, 6) is 1.76. The Labute approximate surface area is 154 Å². The van der Waals surface area contributed by atoms with Crippen molar-refractivity contribution in [2.24, 2.45) is 0 Å². The highest BCUT2D eigenvalue weighted by Gasteiger charge is 2.18. The van der Waals surface area contributed by atoms with Crippen LogP contribution in [-0.2, 0) is 4.79 Å². The Hall–Kier alpha value is -2.69. The number of hydrogen-bond acceptors (Lipinski definition) is 4. The molecule has 0 aromatic heterocycles. The Morgan fingerprint density at radius 1 is 1.04 bits per heavy atom. The molecule has 0 heterocycles. The van der Waals surface area contributed by atoms with E-state index in [0.29, 0.717) is 23.3 Å². The van der Waals surface area contributed by atoms with Crippen molar-refractivity contribution >= 4 is 11.6 Å². The molecule has 3 rings (SSSR count). The first-order chi connectivity index (χ1) is 12.7. The average Bonchev–Trinajstić information content (AvgIpc) is 3.16. The van der Waals surface area contributed by atoms with Crippen LogP contribution in [0.15, 0.2) is 48.5 Å². The standard InChI is InChI=1S/C21H25NO4/c1-15(25-20-10-6-5-9-19(20)24-2)21(23)22-16-11-13-18(14-12-16)26-17-7-3-4-8-17/h5-6,9-15,17H,3-4,7-8H2,1-2H3,(H,22,23)/t15-/m1/s1. The molecule has 0 aliphatic heterocycles. The summed E-state index contributed by atoms with van der Waals surface area (Å²) in [5.41, 5.74) is 0.712. The Balaban J connectivity index is 1.55. The van der Waals surface area contributed by atoms with E-state index in [1.807, 2.05) is 36.4 Å². The molecule has 26 heavy (non-hydrogen) atoms. The Kier molecular flexibility index (Phi) is 6.00. The quantitative estimate of drug-likeness (QED) is 0.799. The lowest BCUT2D eigenvalue weighted by molar-refractivity contribution is -0.122. The molecule has 5 nitrogen and oxygen atoms in total. The van der Waals surface area contributed by atoms with Gasteiger partial charge in [0.2, 0.25) is 0 Å². The third kappa shape index (κ3) is 4.69. The van der Waals surface area contributed by atoms with E-state index in [0.717, 1.165) is 18.6 Å². The van der Waals surface area contributed by atoms with E-state index in [2.05, 4.69) is 5.32 Å². The monoisotopic (exact) mass is 355 g/mol. The van der Waals surface area contributed by atoms with Gasteiger partial charge in [-0.25, -0.2) is 0 Å². The number of hydrogen-bond donors (Lipinski definition) is 1. The highest BCUT2D eigenvalue weighted by molar-refractivity contribution is 5.94. The van der Waals surface area contributed by atoms with Gasteiger partial charge in [-0.05, 0) is 69.0 Å². The third-order valence-electron chi connectivity index (χ3n) is 4.47. The maximum Gasteiger partial charge on any atom is 0.265 e. The Morgan fingerprint density at radius 2 is 1.69 bits per heavy atom. The lowest BCUT2D eigenvalue weighted by Crippen LogP contribution is -2.30. The molecule has 5 heteroatoms. The lowest BCUT2D eigenvalue weighted by atomic mass is 10.2. The summed E-state index contributed by atoms with van der Waals surface area (Å²) in [6, 6.07) is 14.7. The Morgan fingerprint density at radius 3 is 2.35 bits per heavy atom. The zero-order valence-corrected chi connectivity index (χ0v) is 15.2. The van der Waals surface area contributed by atoms with E-state index in [1.165, 1.54) is 12.8 Å². The molecule has 0 radical (unpaired) electrons. The fourth-order valence-electron chi connectivity index (χ4n) is 3.02. The van der Waals surface area contributed by atoms with Gasteiger partial charge in [0.25, 0.3) is 5.91 Å². The summed E-state index contributed by atoms with van der Waals surface area (Å²) in [6.07, 6.45) is 4.39. The number of para-hydroxylation sites is 2. The molecule has 2 aromatic rings. The molecular formula is C21H25NO4. The van der Waals surface area contributed by atoms with E-state index in [1.54, 1.807) is 26.2 Å². The lowest BCUT2D eigenvalue weighted by Gasteiger charge is -2.17. The van der Waals surface area contributed by atoms with Crippen molar-refractivity contribution in [1.82, 2.24) is 0 Å².